The van der Waals surface area contributed by atoms with Gasteiger partial charge in [-0.25, -0.2) is 8.42 Å². The molecule has 2 aliphatic heterocycles. The topological polar surface area (TPSA) is 86.8 Å². The minimum atomic E-state index is -3.36. The molecule has 1 N–H and O–H groups in total. The molecule has 0 saturated carbocycles. The van der Waals surface area contributed by atoms with E-state index in [4.69, 9.17) is 0 Å². The van der Waals surface area contributed by atoms with Gasteiger partial charge in [0, 0.05) is 19.6 Å². The van der Waals surface area contributed by atoms with Gasteiger partial charge >= 0.3 is 0 Å². The van der Waals surface area contributed by atoms with Crippen molar-refractivity contribution in [3.8, 4) is 0 Å². The highest BCUT2D eigenvalue weighted by Crippen LogP contribution is 2.22. The van der Waals surface area contributed by atoms with Crippen LogP contribution in [-0.2, 0) is 19.6 Å². The lowest BCUT2D eigenvalue weighted by molar-refractivity contribution is -0.140. The van der Waals surface area contributed by atoms with E-state index >= 15 is 0 Å². The molecule has 2 aliphatic rings. The second kappa shape index (κ2) is 4.85. The summed E-state index contributed by atoms with van der Waals surface area (Å²) in [5.41, 5.74) is 0. The van der Waals surface area contributed by atoms with Gasteiger partial charge in [-0.15, -0.1) is 0 Å². The zero-order valence-corrected chi connectivity index (χ0v) is 11.1. The van der Waals surface area contributed by atoms with Crippen molar-refractivity contribution in [1.82, 2.24) is 14.5 Å². The van der Waals surface area contributed by atoms with E-state index < -0.39 is 16.1 Å². The molecule has 2 saturated heterocycles. The van der Waals surface area contributed by atoms with E-state index in [1.807, 2.05) is 0 Å². The molecule has 2 amide bonds. The number of sulfonamides is 1. The zero-order valence-electron chi connectivity index (χ0n) is 10.3. The van der Waals surface area contributed by atoms with Gasteiger partial charge in [0.05, 0.1) is 12.8 Å². The third-order valence-electron chi connectivity index (χ3n) is 3.26. The SMILES string of the molecule is CS(=O)(=O)N1CCC[C@@H]1C(=O)N1CCNC(=O)C1. The molecule has 0 aromatic heterocycles. The van der Waals surface area contributed by atoms with Gasteiger partial charge in [0.15, 0.2) is 0 Å². The predicted molar refractivity (Wildman–Crippen MR) is 64.2 cm³/mol. The van der Waals surface area contributed by atoms with Crippen LogP contribution in [-0.4, -0.2) is 67.9 Å². The lowest BCUT2D eigenvalue weighted by Crippen LogP contribution is -2.55. The molecule has 0 aliphatic carbocycles. The Bertz CT molecular complexity index is 462. The number of carbonyl (C=O) groups excluding carboxylic acids is 2. The fraction of sp³-hybridized carbons (Fsp3) is 0.800. The maximum absolute atomic E-state index is 12.2. The van der Waals surface area contributed by atoms with E-state index in [-0.39, 0.29) is 18.4 Å². The number of nitrogens with zero attached hydrogens (tertiary/aromatic N) is 2. The van der Waals surface area contributed by atoms with E-state index in [1.165, 1.54) is 9.21 Å². The second-order valence-electron chi connectivity index (χ2n) is 4.64. The van der Waals surface area contributed by atoms with Gasteiger partial charge in [0.1, 0.15) is 6.04 Å². The monoisotopic (exact) mass is 275 g/mol. The van der Waals surface area contributed by atoms with Crippen LogP contribution in [0.15, 0.2) is 0 Å². The Morgan fingerprint density at radius 2 is 2.11 bits per heavy atom. The van der Waals surface area contributed by atoms with Crippen molar-refractivity contribution in [1.29, 1.82) is 0 Å². The highest BCUT2D eigenvalue weighted by molar-refractivity contribution is 7.88. The van der Waals surface area contributed by atoms with Gasteiger partial charge in [-0.05, 0) is 12.8 Å². The number of nitrogens with one attached hydrogen (secondary N) is 1. The highest BCUT2D eigenvalue weighted by atomic mass is 32.2. The summed E-state index contributed by atoms with van der Waals surface area (Å²) in [5, 5.41) is 2.63. The first-order valence-corrected chi connectivity index (χ1v) is 7.77. The first kappa shape index (κ1) is 13.3. The van der Waals surface area contributed by atoms with Crippen LogP contribution in [0, 0.1) is 0 Å². The molecule has 2 fully saturated rings. The van der Waals surface area contributed by atoms with E-state index in [9.17, 15) is 18.0 Å². The number of hydrogen-bond acceptors (Lipinski definition) is 4. The summed E-state index contributed by atoms with van der Waals surface area (Å²) in [6, 6.07) is -0.633. The van der Waals surface area contributed by atoms with Gasteiger partial charge in [-0.2, -0.15) is 4.31 Å². The number of piperazine rings is 1. The zero-order chi connectivity index (χ0) is 13.3. The van der Waals surface area contributed by atoms with Crippen LogP contribution in [0.3, 0.4) is 0 Å². The van der Waals surface area contributed by atoms with Crippen molar-refractivity contribution in [3.63, 3.8) is 0 Å². The normalized spacial score (nSPS) is 26.2. The molecule has 0 bridgehead atoms. The van der Waals surface area contributed by atoms with Crippen molar-refractivity contribution >= 4 is 21.8 Å². The third kappa shape index (κ3) is 2.64. The number of amides is 2. The van der Waals surface area contributed by atoms with Crippen molar-refractivity contribution < 1.29 is 18.0 Å². The Morgan fingerprint density at radius 3 is 2.72 bits per heavy atom. The summed E-state index contributed by atoms with van der Waals surface area (Å²) in [7, 11) is -3.36. The van der Waals surface area contributed by atoms with Crippen molar-refractivity contribution in [2.24, 2.45) is 0 Å². The minimum Gasteiger partial charge on any atom is -0.353 e. The van der Waals surface area contributed by atoms with E-state index in [0.29, 0.717) is 32.5 Å². The predicted octanol–water partition coefficient (Wildman–Crippen LogP) is -1.63. The third-order valence-corrected chi connectivity index (χ3v) is 4.55. The van der Waals surface area contributed by atoms with Crippen molar-refractivity contribution in [2.75, 3.05) is 32.4 Å². The van der Waals surface area contributed by atoms with Crippen LogP contribution in [0.4, 0.5) is 0 Å². The number of carbonyl (C=O) groups is 2. The first-order chi connectivity index (χ1) is 8.39. The lowest BCUT2D eigenvalue weighted by Gasteiger charge is -2.31. The number of rotatable bonds is 2. The van der Waals surface area contributed by atoms with Gasteiger partial charge in [0.25, 0.3) is 0 Å². The molecule has 1 atom stereocenters. The first-order valence-electron chi connectivity index (χ1n) is 5.92. The Hall–Kier alpha value is -1.15. The van der Waals surface area contributed by atoms with Crippen molar-refractivity contribution in [2.45, 2.75) is 18.9 Å². The molecular weight excluding hydrogens is 258 g/mol. The molecule has 0 spiro atoms. The van der Waals surface area contributed by atoms with Gasteiger partial charge in [-0.1, -0.05) is 0 Å². The van der Waals surface area contributed by atoms with Gasteiger partial charge in [-0.3, -0.25) is 9.59 Å². The fourth-order valence-corrected chi connectivity index (χ4v) is 3.54. The second-order valence-corrected chi connectivity index (χ2v) is 6.58. The van der Waals surface area contributed by atoms with Gasteiger partial charge < -0.3 is 10.2 Å². The summed E-state index contributed by atoms with van der Waals surface area (Å²) >= 11 is 0. The average Bonchev–Trinajstić information content (AvgIpc) is 2.76. The summed E-state index contributed by atoms with van der Waals surface area (Å²) < 4.78 is 24.4. The molecule has 8 heteroatoms. The number of hydrogen-bond donors (Lipinski definition) is 1. The quantitative estimate of drug-likeness (QED) is 0.655. The van der Waals surface area contributed by atoms with E-state index in [2.05, 4.69) is 5.32 Å². The molecule has 0 aromatic rings. The molecule has 2 rings (SSSR count). The maximum Gasteiger partial charge on any atom is 0.241 e. The minimum absolute atomic E-state index is 0.0208. The lowest BCUT2D eigenvalue weighted by atomic mass is 10.2. The largest absolute Gasteiger partial charge is 0.353 e. The molecule has 0 unspecified atom stereocenters. The Balaban J connectivity index is 2.10. The molecule has 18 heavy (non-hydrogen) atoms. The van der Waals surface area contributed by atoms with Crippen LogP contribution in [0.25, 0.3) is 0 Å². The summed E-state index contributed by atoms with van der Waals surface area (Å²) in [6.45, 7) is 1.27. The summed E-state index contributed by atoms with van der Waals surface area (Å²) in [5.74, 6) is -0.453. The van der Waals surface area contributed by atoms with Crippen LogP contribution in [0.1, 0.15) is 12.8 Å². The highest BCUT2D eigenvalue weighted by Gasteiger charge is 2.39. The van der Waals surface area contributed by atoms with Crippen LogP contribution in [0.2, 0.25) is 0 Å². The standard InChI is InChI=1S/C10H17N3O4S/c1-18(16,17)13-5-2-3-8(13)10(15)12-6-4-11-9(14)7-12/h8H,2-7H2,1H3,(H,11,14)/t8-/m1/s1. The molecule has 102 valence electrons. The Kier molecular flexibility index (Phi) is 3.58. The maximum atomic E-state index is 12.2. The Morgan fingerprint density at radius 1 is 1.39 bits per heavy atom. The smallest absolute Gasteiger partial charge is 0.241 e. The summed E-state index contributed by atoms with van der Waals surface area (Å²) in [4.78, 5) is 24.9. The molecular formula is C10H17N3O4S. The molecule has 0 radical (unpaired) electrons. The molecule has 0 aromatic carbocycles. The van der Waals surface area contributed by atoms with Crippen molar-refractivity contribution in [3.05, 3.63) is 0 Å². The van der Waals surface area contributed by atoms with Crippen LogP contribution >= 0.6 is 0 Å². The average molecular weight is 275 g/mol. The fourth-order valence-electron chi connectivity index (χ4n) is 2.42. The van der Waals surface area contributed by atoms with Crippen LogP contribution in [0.5, 0.6) is 0 Å². The van der Waals surface area contributed by atoms with Crippen LogP contribution < -0.4 is 5.32 Å². The van der Waals surface area contributed by atoms with Gasteiger partial charge in [0.2, 0.25) is 21.8 Å². The Labute approximate surface area is 106 Å². The van der Waals surface area contributed by atoms with E-state index in [1.54, 1.807) is 0 Å². The molecule has 7 nitrogen and oxygen atoms in total. The van der Waals surface area contributed by atoms with E-state index in [0.717, 1.165) is 6.26 Å². The summed E-state index contributed by atoms with van der Waals surface area (Å²) in [6.07, 6.45) is 2.33. The molecule has 2 heterocycles.